The molecule has 0 saturated heterocycles. The van der Waals surface area contributed by atoms with Crippen LogP contribution in [0.15, 0.2) is 0 Å². The second-order valence-corrected chi connectivity index (χ2v) is 13.0. The molecule has 0 spiro atoms. The fraction of sp³-hybridized carbons (Fsp3) is 0.963. The van der Waals surface area contributed by atoms with Crippen LogP contribution in [0.4, 0.5) is 0 Å². The lowest BCUT2D eigenvalue weighted by atomic mass is 10.0. The summed E-state index contributed by atoms with van der Waals surface area (Å²) in [5.41, 5.74) is 0. The minimum Gasteiger partial charge on any atom is -0.381 e. The SMILES string of the molecule is CCCCCCCCCCCCCCCCOC[C@@H](CCP(=O)(O)OCC[N+](C)(C)C)C(=O)NC. The number of rotatable bonds is 25. The molecule has 2 N–H and O–H groups in total. The smallest absolute Gasteiger partial charge is 0.328 e. The van der Waals surface area contributed by atoms with E-state index >= 15 is 0 Å². The van der Waals surface area contributed by atoms with Gasteiger partial charge in [0.05, 0.1) is 39.8 Å². The molecule has 35 heavy (non-hydrogen) atoms. The zero-order chi connectivity index (χ0) is 26.4. The predicted molar refractivity (Wildman–Crippen MR) is 147 cm³/mol. The van der Waals surface area contributed by atoms with Gasteiger partial charge in [-0.1, -0.05) is 90.4 Å². The highest BCUT2D eigenvalue weighted by atomic mass is 31.2. The van der Waals surface area contributed by atoms with Crippen molar-refractivity contribution in [3.8, 4) is 0 Å². The van der Waals surface area contributed by atoms with Crippen LogP contribution in [0.3, 0.4) is 0 Å². The van der Waals surface area contributed by atoms with E-state index in [-0.39, 0.29) is 31.7 Å². The van der Waals surface area contributed by atoms with Crippen LogP contribution in [-0.4, -0.2) is 76.0 Å². The number of nitrogens with zero attached hydrogens (tertiary/aromatic N) is 1. The van der Waals surface area contributed by atoms with Gasteiger partial charge in [-0.15, -0.1) is 0 Å². The van der Waals surface area contributed by atoms with Gasteiger partial charge in [-0.25, -0.2) is 0 Å². The first-order valence-electron chi connectivity index (χ1n) is 14.2. The lowest BCUT2D eigenvalue weighted by Crippen LogP contribution is -2.37. The van der Waals surface area contributed by atoms with Crippen molar-refractivity contribution in [2.45, 2.75) is 103 Å². The first-order chi connectivity index (χ1) is 16.6. The van der Waals surface area contributed by atoms with Crippen LogP contribution in [0.5, 0.6) is 0 Å². The predicted octanol–water partition coefficient (Wildman–Crippen LogP) is 6.14. The Kier molecular flexibility index (Phi) is 21.3. The summed E-state index contributed by atoms with van der Waals surface area (Å²) < 4.78 is 23.9. The highest BCUT2D eigenvalue weighted by molar-refractivity contribution is 7.52. The molecule has 0 aromatic rings. The van der Waals surface area contributed by atoms with Gasteiger partial charge in [-0.2, -0.15) is 0 Å². The molecule has 0 rings (SSSR count). The van der Waals surface area contributed by atoms with Crippen molar-refractivity contribution in [2.24, 2.45) is 5.92 Å². The maximum Gasteiger partial charge on any atom is 0.328 e. The highest BCUT2D eigenvalue weighted by Crippen LogP contribution is 2.43. The molecule has 1 unspecified atom stereocenters. The molecule has 0 radical (unpaired) electrons. The second kappa shape index (κ2) is 21.6. The maximum atomic E-state index is 12.3. The van der Waals surface area contributed by atoms with E-state index in [1.165, 1.54) is 77.0 Å². The van der Waals surface area contributed by atoms with Crippen molar-refractivity contribution < 1.29 is 28.0 Å². The van der Waals surface area contributed by atoms with Gasteiger partial charge in [-0.3, -0.25) is 9.36 Å². The number of nitrogens with one attached hydrogen (secondary N) is 1. The summed E-state index contributed by atoms with van der Waals surface area (Å²) >= 11 is 0. The average molecular weight is 522 g/mol. The van der Waals surface area contributed by atoms with Crippen molar-refractivity contribution in [3.05, 3.63) is 0 Å². The Bertz CT molecular complexity index is 554. The minimum atomic E-state index is -3.70. The Morgan fingerprint density at radius 1 is 0.857 bits per heavy atom. The zero-order valence-electron chi connectivity index (χ0n) is 23.7. The standard InChI is InChI=1S/C27H57N2O5P/c1-6-7-8-9-10-11-12-13-14-15-16-17-18-19-22-33-25-26(27(30)28-2)20-24-35(31,32)34-23-21-29(3,4)5/h26H,6-25H2,1-5H3,(H-,28,30,31,32)/p+1/t26-/m1/s1. The molecule has 0 heterocycles. The molecular weight excluding hydrogens is 463 g/mol. The van der Waals surface area contributed by atoms with Crippen molar-refractivity contribution in [3.63, 3.8) is 0 Å². The Labute approximate surface area is 216 Å². The Morgan fingerprint density at radius 3 is 1.80 bits per heavy atom. The number of ether oxygens (including phenoxy) is 1. The second-order valence-electron chi connectivity index (χ2n) is 11.0. The number of likely N-dealkylation sites (N-methyl/N-ethyl adjacent to an activating group) is 1. The molecular formula is C27H58N2O5P+. The van der Waals surface area contributed by atoms with Crippen LogP contribution >= 0.6 is 7.60 Å². The van der Waals surface area contributed by atoms with Crippen LogP contribution < -0.4 is 5.32 Å². The van der Waals surface area contributed by atoms with Crippen LogP contribution in [-0.2, 0) is 18.6 Å². The van der Waals surface area contributed by atoms with Gasteiger partial charge in [0.25, 0.3) is 0 Å². The monoisotopic (exact) mass is 521 g/mol. The molecule has 0 aliphatic carbocycles. The zero-order valence-corrected chi connectivity index (χ0v) is 24.6. The van der Waals surface area contributed by atoms with Crippen LogP contribution in [0, 0.1) is 5.92 Å². The fourth-order valence-corrected chi connectivity index (χ4v) is 5.09. The van der Waals surface area contributed by atoms with Gasteiger partial charge in [0.2, 0.25) is 5.91 Å². The van der Waals surface area contributed by atoms with Gasteiger partial charge in [-0.05, 0) is 12.8 Å². The molecule has 0 aliphatic rings. The molecule has 210 valence electrons. The quantitative estimate of drug-likeness (QED) is 0.0856. The van der Waals surface area contributed by atoms with Crippen molar-refractivity contribution in [1.82, 2.24) is 5.32 Å². The van der Waals surface area contributed by atoms with Gasteiger partial charge in [0.15, 0.2) is 0 Å². The summed E-state index contributed by atoms with van der Waals surface area (Å²) in [6, 6.07) is 0. The van der Waals surface area contributed by atoms with E-state index in [1.807, 2.05) is 21.1 Å². The molecule has 0 aromatic heterocycles. The van der Waals surface area contributed by atoms with Crippen molar-refractivity contribution >= 4 is 13.5 Å². The molecule has 0 fully saturated rings. The Balaban J connectivity index is 3.80. The summed E-state index contributed by atoms with van der Waals surface area (Å²) in [6.07, 6.45) is 18.7. The van der Waals surface area contributed by atoms with Gasteiger partial charge in [0.1, 0.15) is 13.2 Å². The molecule has 2 atom stereocenters. The highest BCUT2D eigenvalue weighted by Gasteiger charge is 2.26. The van der Waals surface area contributed by atoms with Gasteiger partial charge < -0.3 is 24.0 Å². The Hall–Kier alpha value is -0.460. The van der Waals surface area contributed by atoms with E-state index in [0.717, 1.165) is 12.8 Å². The number of amides is 1. The largest absolute Gasteiger partial charge is 0.381 e. The number of hydrogen-bond acceptors (Lipinski definition) is 4. The maximum absolute atomic E-state index is 12.3. The summed E-state index contributed by atoms with van der Waals surface area (Å²) in [5, 5.41) is 2.64. The van der Waals surface area contributed by atoms with E-state index in [0.29, 0.717) is 17.6 Å². The fourth-order valence-electron chi connectivity index (χ4n) is 3.96. The Morgan fingerprint density at radius 2 is 1.34 bits per heavy atom. The molecule has 0 aromatic carbocycles. The summed E-state index contributed by atoms with van der Waals surface area (Å²) in [7, 11) is 3.89. The van der Waals surface area contributed by atoms with Crippen LogP contribution in [0.25, 0.3) is 0 Å². The number of carbonyl (C=O) groups is 1. The van der Waals surface area contributed by atoms with Crippen LogP contribution in [0.1, 0.15) is 103 Å². The number of quaternary nitrogens is 1. The third-order valence-electron chi connectivity index (χ3n) is 6.39. The molecule has 0 saturated carbocycles. The average Bonchev–Trinajstić information content (AvgIpc) is 2.79. The van der Waals surface area contributed by atoms with Crippen molar-refractivity contribution in [1.29, 1.82) is 0 Å². The lowest BCUT2D eigenvalue weighted by Gasteiger charge is -2.24. The molecule has 8 heteroatoms. The third-order valence-corrected chi connectivity index (χ3v) is 7.80. The molecule has 0 aliphatic heterocycles. The number of unbranched alkanes of at least 4 members (excludes halogenated alkanes) is 13. The van der Waals surface area contributed by atoms with Crippen LogP contribution in [0.2, 0.25) is 0 Å². The topological polar surface area (TPSA) is 84.9 Å². The summed E-state index contributed by atoms with van der Waals surface area (Å²) in [5.74, 6) is -0.591. The van der Waals surface area contributed by atoms with E-state index < -0.39 is 13.5 Å². The molecule has 7 nitrogen and oxygen atoms in total. The molecule has 1 amide bonds. The lowest BCUT2D eigenvalue weighted by molar-refractivity contribution is -0.870. The van der Waals surface area contributed by atoms with Gasteiger partial charge in [0, 0.05) is 13.7 Å². The normalized spacial score (nSPS) is 14.6. The summed E-state index contributed by atoms with van der Waals surface area (Å²) in [6.45, 7) is 4.03. The molecule has 0 bridgehead atoms. The first-order valence-corrected chi connectivity index (χ1v) is 15.9. The van der Waals surface area contributed by atoms with Crippen molar-refractivity contribution in [2.75, 3.05) is 60.7 Å². The third kappa shape index (κ3) is 23.7. The van der Waals surface area contributed by atoms with E-state index in [9.17, 15) is 14.3 Å². The van der Waals surface area contributed by atoms with E-state index in [2.05, 4.69) is 12.2 Å². The van der Waals surface area contributed by atoms with E-state index in [1.54, 1.807) is 7.05 Å². The van der Waals surface area contributed by atoms with E-state index in [4.69, 9.17) is 9.26 Å². The van der Waals surface area contributed by atoms with Gasteiger partial charge >= 0.3 is 7.60 Å². The summed E-state index contributed by atoms with van der Waals surface area (Å²) in [4.78, 5) is 22.2. The number of hydrogen-bond donors (Lipinski definition) is 2. The minimum absolute atomic E-state index is 0.0373. The first kappa shape index (κ1) is 34.5. The number of carbonyl (C=O) groups excluding carboxylic acids is 1.